The number of hydrogen-bond acceptors (Lipinski definition) is 3. The lowest BCUT2D eigenvalue weighted by molar-refractivity contribution is 0.00313. The van der Waals surface area contributed by atoms with Crippen LogP contribution in [0.15, 0.2) is 24.3 Å². The number of ether oxygens (including phenoxy) is 1. The van der Waals surface area contributed by atoms with Crippen molar-refractivity contribution in [2.75, 3.05) is 19.7 Å². The molecule has 1 saturated heterocycles. The van der Waals surface area contributed by atoms with E-state index in [1.165, 1.54) is 5.56 Å². The average molecular weight is 263 g/mol. The van der Waals surface area contributed by atoms with Crippen LogP contribution in [-0.2, 0) is 4.74 Å². The number of aromatic hydroxyl groups is 1. The van der Waals surface area contributed by atoms with Gasteiger partial charge >= 0.3 is 0 Å². The van der Waals surface area contributed by atoms with Crippen LogP contribution in [0.5, 0.6) is 5.75 Å². The van der Waals surface area contributed by atoms with E-state index in [0.29, 0.717) is 17.9 Å². The van der Waals surface area contributed by atoms with Crippen molar-refractivity contribution in [1.82, 2.24) is 4.90 Å². The predicted molar refractivity (Wildman–Crippen MR) is 77.4 cm³/mol. The molecule has 0 bridgehead atoms. The third kappa shape index (κ3) is 3.71. The summed E-state index contributed by atoms with van der Waals surface area (Å²) >= 11 is 0. The molecule has 1 aromatic rings. The normalized spacial score (nSPS) is 19.5. The second kappa shape index (κ2) is 6.92. The Morgan fingerprint density at radius 2 is 1.84 bits per heavy atom. The molecular weight excluding hydrogens is 238 g/mol. The van der Waals surface area contributed by atoms with Gasteiger partial charge < -0.3 is 9.84 Å². The van der Waals surface area contributed by atoms with Gasteiger partial charge in [0, 0.05) is 25.7 Å². The molecule has 19 heavy (non-hydrogen) atoms. The molecule has 3 heteroatoms. The number of hydrogen-bond donors (Lipinski definition) is 1. The van der Waals surface area contributed by atoms with Gasteiger partial charge in [-0.2, -0.15) is 0 Å². The molecule has 1 aromatic carbocycles. The fraction of sp³-hybridized carbons (Fsp3) is 0.625. The molecule has 3 nitrogen and oxygen atoms in total. The maximum atomic E-state index is 9.39. The summed E-state index contributed by atoms with van der Waals surface area (Å²) in [5, 5.41) is 9.39. The topological polar surface area (TPSA) is 32.7 Å². The molecule has 1 aliphatic rings. The highest BCUT2D eigenvalue weighted by Gasteiger charge is 2.25. The third-order valence-electron chi connectivity index (χ3n) is 3.98. The van der Waals surface area contributed by atoms with Crippen LogP contribution in [0.4, 0.5) is 0 Å². The van der Waals surface area contributed by atoms with E-state index in [0.717, 1.165) is 39.0 Å². The zero-order chi connectivity index (χ0) is 13.7. The lowest BCUT2D eigenvalue weighted by Crippen LogP contribution is -2.39. The zero-order valence-corrected chi connectivity index (χ0v) is 12.0. The lowest BCUT2D eigenvalue weighted by atomic mass is 9.98. The Hall–Kier alpha value is -1.06. The number of likely N-dealkylation sites (tertiary alicyclic amines) is 1. The summed E-state index contributed by atoms with van der Waals surface area (Å²) < 4.78 is 5.71. The van der Waals surface area contributed by atoms with E-state index in [1.54, 1.807) is 12.1 Å². The molecule has 1 unspecified atom stereocenters. The van der Waals surface area contributed by atoms with E-state index in [2.05, 4.69) is 18.7 Å². The summed E-state index contributed by atoms with van der Waals surface area (Å²) in [4.78, 5) is 2.54. The highest BCUT2D eigenvalue weighted by atomic mass is 16.5. The summed E-state index contributed by atoms with van der Waals surface area (Å²) in [5.41, 5.74) is 1.30. The van der Waals surface area contributed by atoms with E-state index in [-0.39, 0.29) is 0 Å². The highest BCUT2D eigenvalue weighted by molar-refractivity contribution is 5.28. The molecule has 1 atom stereocenters. The second-order valence-corrected chi connectivity index (χ2v) is 5.21. The number of piperidine rings is 1. The van der Waals surface area contributed by atoms with Crippen molar-refractivity contribution in [3.05, 3.63) is 29.8 Å². The first kappa shape index (κ1) is 14.4. The molecule has 0 spiro atoms. The van der Waals surface area contributed by atoms with Crippen molar-refractivity contribution < 1.29 is 9.84 Å². The number of nitrogens with zero attached hydrogens (tertiary/aromatic N) is 1. The Labute approximate surface area is 116 Å². The van der Waals surface area contributed by atoms with Gasteiger partial charge in [0.05, 0.1) is 6.10 Å². The number of phenolic OH excluding ortho intramolecular Hbond substituents is 1. The van der Waals surface area contributed by atoms with Gasteiger partial charge in [0.2, 0.25) is 0 Å². The largest absolute Gasteiger partial charge is 0.508 e. The SMILES string of the molecule is CCOC1CCN(C(CC)c2ccc(O)cc2)CC1. The first-order valence-electron chi connectivity index (χ1n) is 7.39. The van der Waals surface area contributed by atoms with Crippen molar-refractivity contribution >= 4 is 0 Å². The van der Waals surface area contributed by atoms with Crippen molar-refractivity contribution in [3.8, 4) is 5.75 Å². The van der Waals surface area contributed by atoms with E-state index in [1.807, 2.05) is 12.1 Å². The van der Waals surface area contributed by atoms with Crippen LogP contribution in [0.1, 0.15) is 44.7 Å². The van der Waals surface area contributed by atoms with Crippen LogP contribution in [0.2, 0.25) is 0 Å². The third-order valence-corrected chi connectivity index (χ3v) is 3.98. The highest BCUT2D eigenvalue weighted by Crippen LogP contribution is 2.29. The van der Waals surface area contributed by atoms with Crippen molar-refractivity contribution in [2.24, 2.45) is 0 Å². The Morgan fingerprint density at radius 1 is 1.21 bits per heavy atom. The summed E-state index contributed by atoms with van der Waals surface area (Å²) in [6, 6.07) is 8.11. The van der Waals surface area contributed by atoms with Crippen molar-refractivity contribution in [2.45, 2.75) is 45.3 Å². The fourth-order valence-electron chi connectivity index (χ4n) is 2.99. The predicted octanol–water partition coefficient (Wildman–Crippen LogP) is 3.34. The van der Waals surface area contributed by atoms with Gasteiger partial charge in [-0.05, 0) is 43.9 Å². The standard InChI is InChI=1S/C16H25NO2/c1-3-16(13-5-7-14(18)8-6-13)17-11-9-15(10-12-17)19-4-2/h5-8,15-16,18H,3-4,9-12H2,1-2H3. The average Bonchev–Trinajstić information content (AvgIpc) is 2.44. The zero-order valence-electron chi connectivity index (χ0n) is 12.0. The van der Waals surface area contributed by atoms with E-state index < -0.39 is 0 Å². The van der Waals surface area contributed by atoms with Gasteiger partial charge in [-0.25, -0.2) is 0 Å². The summed E-state index contributed by atoms with van der Waals surface area (Å²) in [6.45, 7) is 7.32. The Balaban J connectivity index is 1.97. The molecular formula is C16H25NO2. The molecule has 1 N–H and O–H groups in total. The smallest absolute Gasteiger partial charge is 0.115 e. The molecule has 1 fully saturated rings. The van der Waals surface area contributed by atoms with Crippen molar-refractivity contribution in [3.63, 3.8) is 0 Å². The second-order valence-electron chi connectivity index (χ2n) is 5.21. The van der Waals surface area contributed by atoms with Crippen LogP contribution < -0.4 is 0 Å². The Morgan fingerprint density at radius 3 is 2.37 bits per heavy atom. The van der Waals surface area contributed by atoms with Gasteiger partial charge in [-0.3, -0.25) is 4.90 Å². The van der Waals surface area contributed by atoms with Crippen LogP contribution in [0.25, 0.3) is 0 Å². The maximum Gasteiger partial charge on any atom is 0.115 e. The molecule has 106 valence electrons. The molecule has 0 radical (unpaired) electrons. The number of phenols is 1. The monoisotopic (exact) mass is 263 g/mol. The minimum absolute atomic E-state index is 0.341. The van der Waals surface area contributed by atoms with Gasteiger partial charge in [-0.15, -0.1) is 0 Å². The molecule has 2 rings (SSSR count). The van der Waals surface area contributed by atoms with Crippen molar-refractivity contribution in [1.29, 1.82) is 0 Å². The minimum atomic E-state index is 0.341. The van der Waals surface area contributed by atoms with Gasteiger partial charge in [-0.1, -0.05) is 19.1 Å². The lowest BCUT2D eigenvalue weighted by Gasteiger charge is -2.37. The summed E-state index contributed by atoms with van der Waals surface area (Å²) in [7, 11) is 0. The molecule has 0 amide bonds. The van der Waals surface area contributed by atoms with Gasteiger partial charge in [0.1, 0.15) is 5.75 Å². The number of rotatable bonds is 5. The van der Waals surface area contributed by atoms with E-state index in [4.69, 9.17) is 4.74 Å². The quantitative estimate of drug-likeness (QED) is 0.884. The summed E-state index contributed by atoms with van der Waals surface area (Å²) in [5.74, 6) is 0.341. The van der Waals surface area contributed by atoms with Crippen LogP contribution in [0, 0.1) is 0 Å². The maximum absolute atomic E-state index is 9.39. The Kier molecular flexibility index (Phi) is 5.23. The first-order valence-corrected chi connectivity index (χ1v) is 7.39. The molecule has 0 aromatic heterocycles. The van der Waals surface area contributed by atoms with Crippen LogP contribution in [-0.4, -0.2) is 35.8 Å². The molecule has 1 heterocycles. The van der Waals surface area contributed by atoms with Gasteiger partial charge in [0.25, 0.3) is 0 Å². The van der Waals surface area contributed by atoms with E-state index in [9.17, 15) is 5.11 Å². The van der Waals surface area contributed by atoms with Gasteiger partial charge in [0.15, 0.2) is 0 Å². The number of benzene rings is 1. The molecule has 1 aliphatic heterocycles. The summed E-state index contributed by atoms with van der Waals surface area (Å²) in [6.07, 6.45) is 3.80. The Bertz CT molecular complexity index is 369. The van der Waals surface area contributed by atoms with Crippen LogP contribution in [0.3, 0.4) is 0 Å². The fourth-order valence-corrected chi connectivity index (χ4v) is 2.99. The van der Waals surface area contributed by atoms with Crippen LogP contribution >= 0.6 is 0 Å². The van der Waals surface area contributed by atoms with E-state index >= 15 is 0 Å². The molecule has 0 aliphatic carbocycles. The minimum Gasteiger partial charge on any atom is -0.508 e. The first-order chi connectivity index (χ1) is 9.24. The molecule has 0 saturated carbocycles.